The molecule has 0 saturated carbocycles. The van der Waals surface area contributed by atoms with E-state index in [4.69, 9.17) is 0 Å². The molecule has 1 heterocycles. The van der Waals surface area contributed by atoms with Crippen LogP contribution in [0, 0.1) is 0 Å². The monoisotopic (exact) mass is 184 g/mol. The van der Waals surface area contributed by atoms with E-state index in [0.29, 0.717) is 5.54 Å². The molecule has 0 spiro atoms. The van der Waals surface area contributed by atoms with Crippen molar-refractivity contribution in [3.8, 4) is 0 Å². The lowest BCUT2D eigenvalue weighted by molar-refractivity contribution is 0.140. The van der Waals surface area contributed by atoms with Crippen molar-refractivity contribution in [1.82, 2.24) is 9.80 Å². The molecule has 2 heteroatoms. The normalized spacial score (nSPS) is 19.2. The zero-order valence-corrected chi connectivity index (χ0v) is 9.64. The molecule has 1 saturated heterocycles. The van der Waals surface area contributed by atoms with E-state index in [1.165, 1.54) is 39.0 Å². The molecule has 0 radical (unpaired) electrons. The molecule has 0 aromatic heterocycles. The third kappa shape index (κ3) is 3.65. The van der Waals surface area contributed by atoms with Crippen LogP contribution in [-0.4, -0.2) is 48.6 Å². The Morgan fingerprint density at radius 3 is 2.23 bits per heavy atom. The maximum atomic E-state index is 2.54. The van der Waals surface area contributed by atoms with Gasteiger partial charge in [-0.25, -0.2) is 0 Å². The van der Waals surface area contributed by atoms with E-state index < -0.39 is 0 Å². The Morgan fingerprint density at radius 2 is 1.85 bits per heavy atom. The Hall–Kier alpha value is -0.0800. The Labute approximate surface area is 82.9 Å². The van der Waals surface area contributed by atoms with Crippen molar-refractivity contribution >= 4 is 0 Å². The van der Waals surface area contributed by atoms with Crippen LogP contribution in [0.3, 0.4) is 0 Å². The maximum Gasteiger partial charge on any atom is 0.0122 e. The van der Waals surface area contributed by atoms with E-state index in [1.54, 1.807) is 0 Å². The lowest BCUT2D eigenvalue weighted by atomic mass is 10.1. The second-order valence-electron chi connectivity index (χ2n) is 5.14. The molecule has 0 unspecified atom stereocenters. The van der Waals surface area contributed by atoms with Gasteiger partial charge in [0.15, 0.2) is 0 Å². The van der Waals surface area contributed by atoms with Gasteiger partial charge in [0.1, 0.15) is 0 Å². The molecule has 0 aromatic carbocycles. The summed E-state index contributed by atoms with van der Waals surface area (Å²) in [5.74, 6) is 0. The van der Waals surface area contributed by atoms with Gasteiger partial charge < -0.3 is 9.80 Å². The van der Waals surface area contributed by atoms with Crippen molar-refractivity contribution in [3.05, 3.63) is 0 Å². The summed E-state index contributed by atoms with van der Waals surface area (Å²) in [6.07, 6.45) is 2.73. The van der Waals surface area contributed by atoms with Gasteiger partial charge in [-0.3, -0.25) is 0 Å². The summed E-state index contributed by atoms with van der Waals surface area (Å²) < 4.78 is 0. The second-order valence-corrected chi connectivity index (χ2v) is 5.14. The third-order valence-corrected chi connectivity index (χ3v) is 3.06. The fourth-order valence-electron chi connectivity index (χ4n) is 1.47. The fraction of sp³-hybridized carbons (Fsp3) is 1.00. The topological polar surface area (TPSA) is 6.48 Å². The Morgan fingerprint density at radius 1 is 1.23 bits per heavy atom. The summed E-state index contributed by atoms with van der Waals surface area (Å²) in [6.45, 7) is 12.0. The van der Waals surface area contributed by atoms with Crippen molar-refractivity contribution in [2.45, 2.75) is 39.2 Å². The van der Waals surface area contributed by atoms with Gasteiger partial charge in [-0.05, 0) is 66.8 Å². The van der Waals surface area contributed by atoms with Gasteiger partial charge in [0.25, 0.3) is 0 Å². The first-order valence-corrected chi connectivity index (χ1v) is 5.44. The lowest BCUT2D eigenvalue weighted by Gasteiger charge is -2.34. The molecule has 0 N–H and O–H groups in total. The minimum absolute atomic E-state index is 0.328. The van der Waals surface area contributed by atoms with E-state index in [0.717, 1.165) is 0 Å². The molecule has 0 aromatic rings. The lowest BCUT2D eigenvalue weighted by Crippen LogP contribution is -2.42. The highest BCUT2D eigenvalue weighted by Crippen LogP contribution is 2.11. The summed E-state index contributed by atoms with van der Waals surface area (Å²) in [5, 5.41) is 0. The first kappa shape index (κ1) is 11.0. The first-order valence-electron chi connectivity index (χ1n) is 5.44. The minimum atomic E-state index is 0.328. The van der Waals surface area contributed by atoms with Crippen LogP contribution in [0.25, 0.3) is 0 Å². The molecule has 1 aliphatic rings. The predicted molar refractivity (Wildman–Crippen MR) is 58.1 cm³/mol. The molecule has 1 rings (SSSR count). The van der Waals surface area contributed by atoms with E-state index in [2.05, 4.69) is 37.6 Å². The predicted octanol–water partition coefficient (Wildman–Crippen LogP) is 1.81. The summed E-state index contributed by atoms with van der Waals surface area (Å²) in [6, 6.07) is 0. The quantitative estimate of drug-likeness (QED) is 0.657. The molecule has 2 nitrogen and oxygen atoms in total. The van der Waals surface area contributed by atoms with Gasteiger partial charge in [-0.2, -0.15) is 0 Å². The summed E-state index contributed by atoms with van der Waals surface area (Å²) in [4.78, 5) is 4.98. The van der Waals surface area contributed by atoms with Crippen LogP contribution >= 0.6 is 0 Å². The van der Waals surface area contributed by atoms with Crippen LogP contribution in [-0.2, 0) is 0 Å². The van der Waals surface area contributed by atoms with E-state index in [9.17, 15) is 0 Å². The smallest absolute Gasteiger partial charge is 0.0122 e. The Bertz CT molecular complexity index is 145. The van der Waals surface area contributed by atoms with Crippen LogP contribution < -0.4 is 0 Å². The van der Waals surface area contributed by atoms with Gasteiger partial charge in [0.05, 0.1) is 0 Å². The van der Waals surface area contributed by atoms with Crippen LogP contribution in [0.1, 0.15) is 33.6 Å². The zero-order valence-electron chi connectivity index (χ0n) is 9.64. The summed E-state index contributed by atoms with van der Waals surface area (Å²) in [5.41, 5.74) is 0.328. The molecule has 13 heavy (non-hydrogen) atoms. The van der Waals surface area contributed by atoms with Crippen LogP contribution in [0.15, 0.2) is 0 Å². The third-order valence-electron chi connectivity index (χ3n) is 3.06. The minimum Gasteiger partial charge on any atom is -0.303 e. The van der Waals surface area contributed by atoms with Crippen LogP contribution in [0.4, 0.5) is 0 Å². The summed E-state index contributed by atoms with van der Waals surface area (Å²) in [7, 11) is 2.22. The molecule has 0 bridgehead atoms. The van der Waals surface area contributed by atoms with Crippen molar-refractivity contribution in [2.75, 3.05) is 33.2 Å². The zero-order chi connectivity index (χ0) is 9.90. The molecule has 1 fully saturated rings. The molecule has 0 atom stereocenters. The van der Waals surface area contributed by atoms with Gasteiger partial charge >= 0.3 is 0 Å². The average molecular weight is 184 g/mol. The van der Waals surface area contributed by atoms with Crippen molar-refractivity contribution in [1.29, 1.82) is 0 Å². The number of likely N-dealkylation sites (tertiary alicyclic amines) is 1. The highest BCUT2D eigenvalue weighted by atomic mass is 15.2. The van der Waals surface area contributed by atoms with E-state index >= 15 is 0 Å². The number of rotatable bonds is 4. The molecular formula is C11H24N2. The van der Waals surface area contributed by atoms with Gasteiger partial charge in [-0.15, -0.1) is 0 Å². The van der Waals surface area contributed by atoms with Crippen LogP contribution in [0.5, 0.6) is 0 Å². The van der Waals surface area contributed by atoms with Gasteiger partial charge in [-0.1, -0.05) is 0 Å². The summed E-state index contributed by atoms with van der Waals surface area (Å²) >= 11 is 0. The second kappa shape index (κ2) is 4.43. The number of hydrogen-bond acceptors (Lipinski definition) is 2. The van der Waals surface area contributed by atoms with Crippen molar-refractivity contribution < 1.29 is 0 Å². The standard InChI is InChI=1S/C11H24N2/c1-11(2,3)12(4)7-5-8-13-9-6-10-13/h5-10H2,1-4H3. The first-order chi connectivity index (χ1) is 6.00. The molecule has 0 amide bonds. The van der Waals surface area contributed by atoms with Crippen molar-refractivity contribution in [2.24, 2.45) is 0 Å². The maximum absolute atomic E-state index is 2.54. The molecule has 1 aliphatic heterocycles. The highest BCUT2D eigenvalue weighted by molar-refractivity contribution is 4.74. The van der Waals surface area contributed by atoms with E-state index in [1.807, 2.05) is 0 Å². The average Bonchev–Trinajstić information content (AvgIpc) is 1.91. The highest BCUT2D eigenvalue weighted by Gasteiger charge is 2.17. The molecule has 78 valence electrons. The number of hydrogen-bond donors (Lipinski definition) is 0. The van der Waals surface area contributed by atoms with Crippen molar-refractivity contribution in [3.63, 3.8) is 0 Å². The molecule has 0 aliphatic carbocycles. The SMILES string of the molecule is CN(CCCN1CCC1)C(C)(C)C. The van der Waals surface area contributed by atoms with Gasteiger partial charge in [0.2, 0.25) is 0 Å². The fourth-order valence-corrected chi connectivity index (χ4v) is 1.47. The van der Waals surface area contributed by atoms with Gasteiger partial charge in [0, 0.05) is 5.54 Å². The van der Waals surface area contributed by atoms with E-state index in [-0.39, 0.29) is 0 Å². The van der Waals surface area contributed by atoms with Crippen LogP contribution in [0.2, 0.25) is 0 Å². The largest absolute Gasteiger partial charge is 0.303 e. The Balaban J connectivity index is 2.04. The number of nitrogens with zero attached hydrogens (tertiary/aromatic N) is 2. The Kier molecular flexibility index (Phi) is 3.74. The molecular weight excluding hydrogens is 160 g/mol.